The van der Waals surface area contributed by atoms with E-state index in [1.54, 1.807) is 5.51 Å². The third-order valence-electron chi connectivity index (χ3n) is 0.937. The standard InChI is InChI=1S/C5H6N2O2S/c1-9-5(8)2-4-6-3-10-7-4/h3H,2H2,1H3. The molecule has 1 heterocycles. The van der Waals surface area contributed by atoms with Gasteiger partial charge in [0.2, 0.25) is 0 Å². The van der Waals surface area contributed by atoms with Crippen LogP contribution in [0.15, 0.2) is 5.51 Å². The molecule has 0 amide bonds. The van der Waals surface area contributed by atoms with Crippen LogP contribution in [0.4, 0.5) is 0 Å². The summed E-state index contributed by atoms with van der Waals surface area (Å²) in [4.78, 5) is 14.4. The Bertz CT molecular complexity index is 209. The predicted octanol–water partition coefficient (Wildman–Crippen LogP) is 0.254. The molecular weight excluding hydrogens is 152 g/mol. The molecule has 54 valence electrons. The number of carbonyl (C=O) groups excluding carboxylic acids is 1. The monoisotopic (exact) mass is 158 g/mol. The lowest BCUT2D eigenvalue weighted by Gasteiger charge is -1.91. The van der Waals surface area contributed by atoms with Crippen molar-refractivity contribution in [3.8, 4) is 0 Å². The maximum atomic E-state index is 10.6. The lowest BCUT2D eigenvalue weighted by molar-refractivity contribution is -0.139. The number of hydrogen-bond donors (Lipinski definition) is 0. The molecule has 0 aliphatic rings. The number of nitrogens with zero attached hydrogens (tertiary/aromatic N) is 2. The molecule has 0 N–H and O–H groups in total. The van der Waals surface area contributed by atoms with Crippen LogP contribution in [0.3, 0.4) is 0 Å². The molecule has 1 rings (SSSR count). The summed E-state index contributed by atoms with van der Waals surface area (Å²) in [6, 6.07) is 0. The maximum absolute atomic E-state index is 10.6. The Labute approximate surface area is 62.0 Å². The van der Waals surface area contributed by atoms with Crippen LogP contribution in [0.25, 0.3) is 0 Å². The molecule has 0 saturated carbocycles. The van der Waals surface area contributed by atoms with Gasteiger partial charge >= 0.3 is 5.97 Å². The third kappa shape index (κ3) is 1.77. The van der Waals surface area contributed by atoms with E-state index in [1.807, 2.05) is 0 Å². The SMILES string of the molecule is COC(=O)Cc1ncsn1. The number of carbonyl (C=O) groups is 1. The molecule has 1 aromatic rings. The first-order chi connectivity index (χ1) is 4.83. The number of hydrogen-bond acceptors (Lipinski definition) is 5. The summed E-state index contributed by atoms with van der Waals surface area (Å²) in [6.07, 6.45) is 0.167. The minimum atomic E-state index is -0.307. The van der Waals surface area contributed by atoms with Crippen molar-refractivity contribution < 1.29 is 9.53 Å². The van der Waals surface area contributed by atoms with Gasteiger partial charge in [0.25, 0.3) is 0 Å². The number of aromatic nitrogens is 2. The third-order valence-corrected chi connectivity index (χ3v) is 1.45. The molecule has 0 radical (unpaired) electrons. The van der Waals surface area contributed by atoms with Gasteiger partial charge in [-0.25, -0.2) is 4.98 Å². The Morgan fingerprint density at radius 2 is 2.70 bits per heavy atom. The molecule has 5 heteroatoms. The van der Waals surface area contributed by atoms with E-state index in [9.17, 15) is 4.79 Å². The average molecular weight is 158 g/mol. The Morgan fingerprint density at radius 3 is 3.20 bits per heavy atom. The molecule has 10 heavy (non-hydrogen) atoms. The largest absolute Gasteiger partial charge is 0.469 e. The minimum Gasteiger partial charge on any atom is -0.469 e. The summed E-state index contributed by atoms with van der Waals surface area (Å²) in [7, 11) is 1.34. The van der Waals surface area contributed by atoms with Crippen LogP contribution < -0.4 is 0 Å². The number of ether oxygens (including phenoxy) is 1. The number of rotatable bonds is 2. The fourth-order valence-corrected chi connectivity index (χ4v) is 0.921. The van der Waals surface area contributed by atoms with Crippen molar-refractivity contribution >= 4 is 17.5 Å². The maximum Gasteiger partial charge on any atom is 0.313 e. The van der Waals surface area contributed by atoms with E-state index < -0.39 is 0 Å². The average Bonchev–Trinajstić information content (AvgIpc) is 2.40. The van der Waals surface area contributed by atoms with Crippen molar-refractivity contribution in [2.24, 2.45) is 0 Å². The second-order valence-corrected chi connectivity index (χ2v) is 2.20. The zero-order valence-electron chi connectivity index (χ0n) is 5.40. The summed E-state index contributed by atoms with van der Waals surface area (Å²) in [5, 5.41) is 0. The fourth-order valence-electron chi connectivity index (χ4n) is 0.472. The van der Waals surface area contributed by atoms with E-state index in [-0.39, 0.29) is 12.4 Å². The first-order valence-electron chi connectivity index (χ1n) is 2.65. The van der Waals surface area contributed by atoms with Crippen molar-refractivity contribution in [2.75, 3.05) is 7.11 Å². The zero-order valence-corrected chi connectivity index (χ0v) is 6.22. The smallest absolute Gasteiger partial charge is 0.313 e. The van der Waals surface area contributed by atoms with Crippen LogP contribution in [-0.2, 0) is 16.0 Å². The number of esters is 1. The van der Waals surface area contributed by atoms with Crippen molar-refractivity contribution in [3.63, 3.8) is 0 Å². The zero-order chi connectivity index (χ0) is 7.40. The Balaban J connectivity index is 2.48. The van der Waals surface area contributed by atoms with Gasteiger partial charge in [0.15, 0.2) is 5.82 Å². The molecular formula is C5H6N2O2S. The quantitative estimate of drug-likeness (QED) is 0.579. The lowest BCUT2D eigenvalue weighted by atomic mass is 10.4. The molecule has 0 fully saturated rings. The van der Waals surface area contributed by atoms with Crippen molar-refractivity contribution in [2.45, 2.75) is 6.42 Å². The van der Waals surface area contributed by atoms with E-state index in [0.717, 1.165) is 0 Å². The van der Waals surface area contributed by atoms with Gasteiger partial charge in [-0.15, -0.1) is 0 Å². The normalized spacial score (nSPS) is 9.30. The summed E-state index contributed by atoms with van der Waals surface area (Å²) in [5.41, 5.74) is 1.58. The highest BCUT2D eigenvalue weighted by molar-refractivity contribution is 7.03. The fraction of sp³-hybridized carbons (Fsp3) is 0.400. The van der Waals surface area contributed by atoms with E-state index >= 15 is 0 Å². The van der Waals surface area contributed by atoms with Gasteiger partial charge in [-0.1, -0.05) is 0 Å². The molecule has 0 saturated heterocycles. The molecule has 0 bridgehead atoms. The highest BCUT2D eigenvalue weighted by Gasteiger charge is 2.04. The summed E-state index contributed by atoms with van der Waals surface area (Å²) in [5.74, 6) is 0.218. The van der Waals surface area contributed by atoms with Gasteiger partial charge in [-0.2, -0.15) is 4.37 Å². The molecule has 0 aliphatic carbocycles. The van der Waals surface area contributed by atoms with E-state index in [2.05, 4.69) is 14.1 Å². The molecule has 1 aromatic heterocycles. The van der Waals surface area contributed by atoms with Gasteiger partial charge in [-0.3, -0.25) is 4.79 Å². The van der Waals surface area contributed by atoms with Gasteiger partial charge in [0, 0.05) is 0 Å². The van der Waals surface area contributed by atoms with Gasteiger partial charge in [-0.05, 0) is 11.5 Å². The van der Waals surface area contributed by atoms with Crippen molar-refractivity contribution in [3.05, 3.63) is 11.3 Å². The van der Waals surface area contributed by atoms with E-state index in [4.69, 9.17) is 0 Å². The van der Waals surface area contributed by atoms with Crippen LogP contribution in [0.2, 0.25) is 0 Å². The molecule has 0 unspecified atom stereocenters. The van der Waals surface area contributed by atoms with E-state index in [1.165, 1.54) is 18.6 Å². The van der Waals surface area contributed by atoms with Crippen LogP contribution in [-0.4, -0.2) is 22.4 Å². The highest BCUT2D eigenvalue weighted by atomic mass is 32.1. The molecule has 4 nitrogen and oxygen atoms in total. The topological polar surface area (TPSA) is 52.1 Å². The van der Waals surface area contributed by atoms with Gasteiger partial charge < -0.3 is 4.74 Å². The summed E-state index contributed by atoms with van der Waals surface area (Å²) >= 11 is 1.22. The van der Waals surface area contributed by atoms with Crippen LogP contribution in [0.5, 0.6) is 0 Å². The Kier molecular flexibility index (Phi) is 2.33. The summed E-state index contributed by atoms with van der Waals surface area (Å²) < 4.78 is 8.24. The Hall–Kier alpha value is -0.970. The second-order valence-electron chi connectivity index (χ2n) is 1.60. The van der Waals surface area contributed by atoms with Crippen molar-refractivity contribution in [1.29, 1.82) is 0 Å². The second kappa shape index (κ2) is 3.26. The number of methoxy groups -OCH3 is 1. The first-order valence-corrected chi connectivity index (χ1v) is 3.48. The molecule has 0 aliphatic heterocycles. The highest BCUT2D eigenvalue weighted by Crippen LogP contribution is 1.95. The minimum absolute atomic E-state index is 0.167. The van der Waals surface area contributed by atoms with E-state index in [0.29, 0.717) is 5.82 Å². The molecule has 0 aromatic carbocycles. The first kappa shape index (κ1) is 7.14. The molecule has 0 spiro atoms. The predicted molar refractivity (Wildman–Crippen MR) is 35.6 cm³/mol. The van der Waals surface area contributed by atoms with Gasteiger partial charge in [0.1, 0.15) is 11.9 Å². The Morgan fingerprint density at radius 1 is 1.90 bits per heavy atom. The van der Waals surface area contributed by atoms with Crippen LogP contribution in [0.1, 0.15) is 5.82 Å². The summed E-state index contributed by atoms with van der Waals surface area (Å²) in [6.45, 7) is 0. The van der Waals surface area contributed by atoms with Crippen LogP contribution >= 0.6 is 11.5 Å². The van der Waals surface area contributed by atoms with Crippen LogP contribution in [0, 0.1) is 0 Å². The lowest BCUT2D eigenvalue weighted by Crippen LogP contribution is -2.05. The van der Waals surface area contributed by atoms with Crippen molar-refractivity contribution in [1.82, 2.24) is 9.36 Å². The van der Waals surface area contributed by atoms with Gasteiger partial charge in [0.05, 0.1) is 7.11 Å². The molecule has 0 atom stereocenters.